The second-order valence-electron chi connectivity index (χ2n) is 5.77. The maximum atomic E-state index is 13.0. The van der Waals surface area contributed by atoms with Crippen LogP contribution in [0.4, 0.5) is 5.69 Å². The summed E-state index contributed by atoms with van der Waals surface area (Å²) < 4.78 is 4.78. The molecule has 2 aromatic carbocycles. The summed E-state index contributed by atoms with van der Waals surface area (Å²) in [7, 11) is 2.96. The molecule has 0 unspecified atom stereocenters. The molecule has 0 atom stereocenters. The number of rotatable bonds is 7. The first-order chi connectivity index (χ1) is 12.9. The van der Waals surface area contributed by atoms with Gasteiger partial charge in [0.15, 0.2) is 6.29 Å². The monoisotopic (exact) mass is 408 g/mol. The Morgan fingerprint density at radius 2 is 1.96 bits per heavy atom. The van der Waals surface area contributed by atoms with E-state index in [1.54, 1.807) is 37.4 Å². The lowest BCUT2D eigenvalue weighted by atomic mass is 10.0. The Balaban J connectivity index is 2.34. The first-order valence-electron chi connectivity index (χ1n) is 7.93. The Bertz CT molecular complexity index is 871. The van der Waals surface area contributed by atoms with Crippen molar-refractivity contribution in [2.24, 2.45) is 0 Å². The van der Waals surface area contributed by atoms with Gasteiger partial charge in [0.25, 0.3) is 5.91 Å². The van der Waals surface area contributed by atoms with Gasteiger partial charge in [0.2, 0.25) is 5.91 Å². The lowest BCUT2D eigenvalue weighted by Gasteiger charge is -2.21. The van der Waals surface area contributed by atoms with Gasteiger partial charge in [-0.15, -0.1) is 0 Å². The molecule has 0 aromatic heterocycles. The molecule has 0 spiro atoms. The topological polar surface area (TPSA) is 75.7 Å². The molecule has 1 N–H and O–H groups in total. The van der Waals surface area contributed by atoms with Gasteiger partial charge >= 0.3 is 0 Å². The number of halogens is 2. The molecule has 0 aliphatic rings. The number of hydrogen-bond donors (Lipinski definition) is 1. The van der Waals surface area contributed by atoms with Crippen LogP contribution in [-0.4, -0.2) is 43.8 Å². The molecule has 0 saturated heterocycles. The first-order valence-corrected chi connectivity index (χ1v) is 8.69. The van der Waals surface area contributed by atoms with E-state index < -0.39 is 11.8 Å². The van der Waals surface area contributed by atoms with Gasteiger partial charge in [0.1, 0.15) is 6.61 Å². The van der Waals surface area contributed by atoms with Crippen LogP contribution in [0.5, 0.6) is 0 Å². The van der Waals surface area contributed by atoms with E-state index in [-0.39, 0.29) is 30.0 Å². The first kappa shape index (κ1) is 20.9. The predicted molar refractivity (Wildman–Crippen MR) is 105 cm³/mol. The average Bonchev–Trinajstić information content (AvgIpc) is 2.64. The molecular formula is C19H18Cl2N2O4. The molecule has 2 aromatic rings. The van der Waals surface area contributed by atoms with E-state index in [0.717, 1.165) is 0 Å². The Labute approximate surface area is 167 Å². The van der Waals surface area contributed by atoms with Crippen LogP contribution >= 0.6 is 23.2 Å². The summed E-state index contributed by atoms with van der Waals surface area (Å²) in [5, 5.41) is 3.55. The van der Waals surface area contributed by atoms with Crippen LogP contribution in [0, 0.1) is 0 Å². The normalized spacial score (nSPS) is 10.4. The van der Waals surface area contributed by atoms with Crippen molar-refractivity contribution in [2.45, 2.75) is 6.54 Å². The highest BCUT2D eigenvalue weighted by Crippen LogP contribution is 2.25. The second-order valence-corrected chi connectivity index (χ2v) is 6.61. The van der Waals surface area contributed by atoms with E-state index in [9.17, 15) is 14.4 Å². The Morgan fingerprint density at radius 3 is 2.63 bits per heavy atom. The highest BCUT2D eigenvalue weighted by molar-refractivity contribution is 6.33. The smallest absolute Gasteiger partial charge is 0.256 e. The van der Waals surface area contributed by atoms with E-state index >= 15 is 0 Å². The molecule has 0 saturated carbocycles. The fraction of sp³-hybridized carbons (Fsp3) is 0.211. The lowest BCUT2D eigenvalue weighted by Crippen LogP contribution is -2.29. The molecular weight excluding hydrogens is 391 g/mol. The highest BCUT2D eigenvalue weighted by atomic mass is 35.5. The second kappa shape index (κ2) is 9.50. The number of ether oxygens (including phenoxy) is 1. The summed E-state index contributed by atoms with van der Waals surface area (Å²) in [6.45, 7) is 0.00375. The lowest BCUT2D eigenvalue weighted by molar-refractivity contribution is -0.119. The van der Waals surface area contributed by atoms with Crippen molar-refractivity contribution in [3.8, 4) is 0 Å². The number of carbonyl (C=O) groups is 3. The van der Waals surface area contributed by atoms with Crippen LogP contribution < -0.4 is 5.32 Å². The Hall–Kier alpha value is -2.41. The van der Waals surface area contributed by atoms with Crippen LogP contribution in [0.3, 0.4) is 0 Å². The highest BCUT2D eigenvalue weighted by Gasteiger charge is 2.21. The molecule has 27 heavy (non-hydrogen) atoms. The molecule has 0 aliphatic carbocycles. The van der Waals surface area contributed by atoms with Gasteiger partial charge in [0.05, 0.1) is 11.3 Å². The van der Waals surface area contributed by atoms with Crippen LogP contribution in [0.25, 0.3) is 0 Å². The van der Waals surface area contributed by atoms with Gasteiger partial charge in [-0.3, -0.25) is 14.4 Å². The maximum Gasteiger partial charge on any atom is 0.256 e. The minimum atomic E-state index is -0.443. The van der Waals surface area contributed by atoms with Crippen molar-refractivity contribution in [1.29, 1.82) is 0 Å². The molecule has 6 nitrogen and oxygen atoms in total. The summed E-state index contributed by atoms with van der Waals surface area (Å²) in [5.41, 5.74) is 1.15. The Morgan fingerprint density at radius 1 is 1.22 bits per heavy atom. The van der Waals surface area contributed by atoms with Gasteiger partial charge in [0, 0.05) is 36.3 Å². The summed E-state index contributed by atoms with van der Waals surface area (Å²) >= 11 is 12.1. The van der Waals surface area contributed by atoms with E-state index in [4.69, 9.17) is 27.9 Å². The third-order valence-electron chi connectivity index (χ3n) is 3.75. The zero-order chi connectivity index (χ0) is 20.0. The van der Waals surface area contributed by atoms with Crippen molar-refractivity contribution in [2.75, 3.05) is 26.1 Å². The largest absolute Gasteiger partial charge is 0.375 e. The Kier molecular flexibility index (Phi) is 7.36. The minimum Gasteiger partial charge on any atom is -0.375 e. The van der Waals surface area contributed by atoms with E-state index in [1.807, 2.05) is 0 Å². The van der Waals surface area contributed by atoms with Gasteiger partial charge < -0.3 is 15.0 Å². The molecule has 0 bridgehead atoms. The van der Waals surface area contributed by atoms with Gasteiger partial charge in [-0.25, -0.2) is 0 Å². The number of carbonyl (C=O) groups excluding carboxylic acids is 3. The maximum absolute atomic E-state index is 13.0. The van der Waals surface area contributed by atoms with E-state index in [0.29, 0.717) is 21.9 Å². The number of amides is 2. The summed E-state index contributed by atoms with van der Waals surface area (Å²) in [6.07, 6.45) is 0.569. The molecule has 2 amide bonds. The SMILES string of the molecule is COCC(=O)Nc1cccc(C=O)c1C(=O)N(C)Cc1cc(Cl)ccc1Cl. The van der Waals surface area contributed by atoms with Crippen molar-refractivity contribution in [3.63, 3.8) is 0 Å². The quantitative estimate of drug-likeness (QED) is 0.709. The van der Waals surface area contributed by atoms with Crippen molar-refractivity contribution < 1.29 is 19.1 Å². The number of anilines is 1. The third-order valence-corrected chi connectivity index (χ3v) is 4.35. The third kappa shape index (κ3) is 5.29. The fourth-order valence-corrected chi connectivity index (χ4v) is 2.88. The number of aldehydes is 1. The summed E-state index contributed by atoms with van der Waals surface area (Å²) in [5.74, 6) is -0.878. The van der Waals surface area contributed by atoms with Gasteiger partial charge in [-0.2, -0.15) is 0 Å². The molecule has 0 aliphatic heterocycles. The number of nitrogens with one attached hydrogen (secondary N) is 1. The van der Waals surface area contributed by atoms with Crippen LogP contribution in [-0.2, 0) is 16.1 Å². The summed E-state index contributed by atoms with van der Waals surface area (Å²) in [6, 6.07) is 9.60. The predicted octanol–water partition coefficient (Wildman–Crippen LogP) is 3.66. The number of hydrogen-bond acceptors (Lipinski definition) is 4. The number of benzene rings is 2. The fourth-order valence-electron chi connectivity index (χ4n) is 2.51. The van der Waals surface area contributed by atoms with Crippen molar-refractivity contribution >= 4 is 47.0 Å². The number of methoxy groups -OCH3 is 1. The molecule has 0 heterocycles. The van der Waals surface area contributed by atoms with Crippen LogP contribution in [0.1, 0.15) is 26.3 Å². The summed E-state index contributed by atoms with van der Waals surface area (Å²) in [4.78, 5) is 37.7. The van der Waals surface area contributed by atoms with Crippen molar-refractivity contribution in [3.05, 3.63) is 63.1 Å². The number of nitrogens with zero attached hydrogens (tertiary/aromatic N) is 1. The molecule has 0 radical (unpaired) electrons. The molecule has 2 rings (SSSR count). The average molecular weight is 409 g/mol. The molecule has 8 heteroatoms. The van der Waals surface area contributed by atoms with E-state index in [1.165, 1.54) is 18.1 Å². The molecule has 142 valence electrons. The standard InChI is InChI=1S/C19H18Cl2N2O4/c1-23(9-13-8-14(20)6-7-15(13)21)19(26)18-12(10-24)4-3-5-16(18)22-17(25)11-27-2/h3-8,10H,9,11H2,1-2H3,(H,22,25). The van der Waals surface area contributed by atoms with Crippen LogP contribution in [0.2, 0.25) is 10.0 Å². The minimum absolute atomic E-state index is 0.0950. The van der Waals surface area contributed by atoms with E-state index in [2.05, 4.69) is 5.32 Å². The van der Waals surface area contributed by atoms with Crippen molar-refractivity contribution in [1.82, 2.24) is 4.90 Å². The zero-order valence-electron chi connectivity index (χ0n) is 14.8. The van der Waals surface area contributed by atoms with Gasteiger partial charge in [-0.05, 0) is 29.8 Å². The molecule has 0 fully saturated rings. The van der Waals surface area contributed by atoms with Gasteiger partial charge in [-0.1, -0.05) is 35.3 Å². The van der Waals surface area contributed by atoms with Crippen LogP contribution in [0.15, 0.2) is 36.4 Å². The zero-order valence-corrected chi connectivity index (χ0v) is 16.3.